The molecule has 3 N–H and O–H groups in total. The Bertz CT molecular complexity index is 1030. The quantitative estimate of drug-likeness (QED) is 0.435. The number of carbonyl (C=O) groups excluding carboxylic acids is 1. The van der Waals surface area contributed by atoms with E-state index in [-0.39, 0.29) is 35.5 Å². The van der Waals surface area contributed by atoms with E-state index < -0.39 is 0 Å². The summed E-state index contributed by atoms with van der Waals surface area (Å²) in [7, 11) is 0. The lowest BCUT2D eigenvalue weighted by Crippen LogP contribution is -2.74. The number of carbonyl (C=O) groups is 1. The van der Waals surface area contributed by atoms with E-state index in [4.69, 9.17) is 31.4 Å². The van der Waals surface area contributed by atoms with Crippen molar-refractivity contribution >= 4 is 23.2 Å². The number of benzene rings is 2. The maximum atomic E-state index is 13.0. The summed E-state index contributed by atoms with van der Waals surface area (Å²) in [6.07, 6.45) is -0.158. The van der Waals surface area contributed by atoms with E-state index in [0.717, 1.165) is 5.69 Å². The van der Waals surface area contributed by atoms with Crippen LogP contribution in [-0.4, -0.2) is 49.5 Å². The number of amides is 1. The molecule has 0 aliphatic heterocycles. The normalized spacial score (nSPS) is 20.0. The number of hydrogen-bond donors (Lipinski definition) is 3. The molecule has 3 rings (SSSR count). The first-order valence-corrected chi connectivity index (χ1v) is 11.7. The number of hydrogen-bond acceptors (Lipinski definition) is 6. The highest BCUT2D eigenvalue weighted by Gasteiger charge is 2.64. The van der Waals surface area contributed by atoms with Gasteiger partial charge in [0.25, 0.3) is 5.91 Å². The number of nitriles is 1. The molecule has 182 valence electrons. The van der Waals surface area contributed by atoms with Crippen LogP contribution in [0.2, 0.25) is 5.02 Å². The minimum absolute atomic E-state index is 0.00900. The smallest absolute Gasteiger partial charge is 0.251 e. The average molecular weight is 486 g/mol. The molecule has 0 saturated heterocycles. The summed E-state index contributed by atoms with van der Waals surface area (Å²) in [5.74, 6) is 0.466. The molecule has 0 spiro atoms. The lowest BCUT2D eigenvalue weighted by atomic mass is 9.49. The molecule has 0 heterocycles. The summed E-state index contributed by atoms with van der Waals surface area (Å²) in [5.41, 5.74) is 1.23. The summed E-state index contributed by atoms with van der Waals surface area (Å²) < 4.78 is 11.5. The van der Waals surface area contributed by atoms with E-state index in [2.05, 4.69) is 38.3 Å². The fraction of sp³-hybridized carbons (Fsp3) is 0.462. The third-order valence-corrected chi connectivity index (χ3v) is 6.70. The molecule has 2 aromatic carbocycles. The summed E-state index contributed by atoms with van der Waals surface area (Å²) in [4.78, 5) is 13.0. The van der Waals surface area contributed by atoms with Gasteiger partial charge in [0.05, 0.1) is 30.4 Å². The fourth-order valence-corrected chi connectivity index (χ4v) is 5.20. The Balaban J connectivity index is 1.60. The van der Waals surface area contributed by atoms with Crippen LogP contribution in [0, 0.1) is 22.2 Å². The van der Waals surface area contributed by atoms with Gasteiger partial charge in [0.1, 0.15) is 17.9 Å². The van der Waals surface area contributed by atoms with Gasteiger partial charge in [-0.25, -0.2) is 0 Å². The highest BCUT2D eigenvalue weighted by molar-refractivity contribution is 6.31. The molecule has 34 heavy (non-hydrogen) atoms. The molecule has 0 radical (unpaired) electrons. The number of aliphatic hydroxyl groups excluding tert-OH is 1. The van der Waals surface area contributed by atoms with E-state index in [0.29, 0.717) is 41.7 Å². The highest BCUT2D eigenvalue weighted by atomic mass is 35.5. The van der Waals surface area contributed by atoms with E-state index in [1.165, 1.54) is 0 Å². The molecule has 1 amide bonds. The second kappa shape index (κ2) is 10.6. The lowest BCUT2D eigenvalue weighted by Gasteiger charge is -2.63. The Hall–Kier alpha value is -2.79. The van der Waals surface area contributed by atoms with Gasteiger partial charge in [0.2, 0.25) is 0 Å². The maximum absolute atomic E-state index is 13.0. The highest BCUT2D eigenvalue weighted by Crippen LogP contribution is 2.55. The van der Waals surface area contributed by atoms with Gasteiger partial charge in [-0.3, -0.25) is 4.79 Å². The van der Waals surface area contributed by atoms with Crippen LogP contribution in [0.3, 0.4) is 0 Å². The predicted octanol–water partition coefficient (Wildman–Crippen LogP) is 4.24. The zero-order valence-corrected chi connectivity index (χ0v) is 20.8. The third-order valence-electron chi connectivity index (χ3n) is 6.39. The molecular formula is C26H32ClN3O4. The van der Waals surface area contributed by atoms with Crippen molar-refractivity contribution in [3.05, 3.63) is 58.6 Å². The number of rotatable bonds is 10. The lowest BCUT2D eigenvalue weighted by molar-refractivity contribution is -0.164. The molecular weight excluding hydrogens is 454 g/mol. The van der Waals surface area contributed by atoms with E-state index >= 15 is 0 Å². The zero-order chi connectivity index (χ0) is 24.9. The third kappa shape index (κ3) is 5.47. The van der Waals surface area contributed by atoms with Crippen molar-refractivity contribution < 1.29 is 19.4 Å². The van der Waals surface area contributed by atoms with Gasteiger partial charge < -0.3 is 25.2 Å². The summed E-state index contributed by atoms with van der Waals surface area (Å²) >= 11 is 6.16. The van der Waals surface area contributed by atoms with Crippen LogP contribution in [0.5, 0.6) is 5.75 Å². The molecule has 2 aromatic rings. The van der Waals surface area contributed by atoms with Crippen LogP contribution < -0.4 is 15.4 Å². The molecule has 0 atom stereocenters. The van der Waals surface area contributed by atoms with Crippen molar-refractivity contribution in [3.63, 3.8) is 0 Å². The topological polar surface area (TPSA) is 104 Å². The molecule has 1 fully saturated rings. The average Bonchev–Trinajstić information content (AvgIpc) is 2.81. The Morgan fingerprint density at radius 2 is 1.79 bits per heavy atom. The van der Waals surface area contributed by atoms with Gasteiger partial charge in [-0.15, -0.1) is 0 Å². The van der Waals surface area contributed by atoms with Crippen molar-refractivity contribution in [3.8, 4) is 11.8 Å². The second-order valence-corrected chi connectivity index (χ2v) is 10.0. The summed E-state index contributed by atoms with van der Waals surface area (Å²) in [6.45, 7) is 9.73. The second-order valence-electron chi connectivity index (χ2n) is 9.64. The van der Waals surface area contributed by atoms with Crippen molar-refractivity contribution in [2.75, 3.05) is 31.7 Å². The summed E-state index contributed by atoms with van der Waals surface area (Å²) in [6, 6.07) is 14.3. The molecule has 1 aliphatic carbocycles. The molecule has 0 aromatic heterocycles. The van der Waals surface area contributed by atoms with E-state index in [1.807, 2.05) is 18.2 Å². The first kappa shape index (κ1) is 25.8. The molecule has 1 saturated carbocycles. The van der Waals surface area contributed by atoms with Gasteiger partial charge in [-0.05, 0) is 36.4 Å². The zero-order valence-electron chi connectivity index (χ0n) is 20.0. The molecule has 1 aliphatic rings. The van der Waals surface area contributed by atoms with Crippen LogP contribution in [0.25, 0.3) is 0 Å². The minimum Gasteiger partial charge on any atom is -0.489 e. The molecule has 0 bridgehead atoms. The Morgan fingerprint density at radius 1 is 1.12 bits per heavy atom. The standard InChI is InChI=1S/C26H32ClN3O4/c1-25(2)23(26(3,4)24(25)34-20-10-7-18(16-28)21(27)15-20)30-22(32)17-5-8-19(9-6-17)29-11-13-33-14-12-31/h5-10,15,23-24,29,31H,11-14H2,1-4H3,(H,30,32)/t23-,24-. The van der Waals surface area contributed by atoms with Crippen LogP contribution in [0.1, 0.15) is 43.6 Å². The molecule has 0 unspecified atom stereocenters. The Labute approximate surface area is 206 Å². The SMILES string of the molecule is CC1(C)[C@H](NC(=O)c2ccc(NCCOCCO)cc2)C(C)(C)[C@H]1Oc1ccc(C#N)c(Cl)c1. The van der Waals surface area contributed by atoms with Gasteiger partial charge in [0, 0.05) is 40.7 Å². The Kier molecular flexibility index (Phi) is 8.09. The van der Waals surface area contributed by atoms with Gasteiger partial charge in [-0.1, -0.05) is 39.3 Å². The fourth-order valence-electron chi connectivity index (χ4n) is 4.98. The largest absolute Gasteiger partial charge is 0.489 e. The maximum Gasteiger partial charge on any atom is 0.251 e. The van der Waals surface area contributed by atoms with Crippen LogP contribution in [0.4, 0.5) is 5.69 Å². The molecule has 8 heteroatoms. The van der Waals surface area contributed by atoms with Gasteiger partial charge in [-0.2, -0.15) is 5.26 Å². The number of aliphatic hydroxyl groups is 1. The number of anilines is 1. The first-order chi connectivity index (χ1) is 16.1. The van der Waals surface area contributed by atoms with Crippen molar-refractivity contribution in [2.45, 2.75) is 39.8 Å². The van der Waals surface area contributed by atoms with E-state index in [1.54, 1.807) is 30.3 Å². The number of nitrogens with one attached hydrogen (secondary N) is 2. The van der Waals surface area contributed by atoms with Crippen molar-refractivity contribution in [1.29, 1.82) is 5.26 Å². The van der Waals surface area contributed by atoms with Crippen molar-refractivity contribution in [2.24, 2.45) is 10.8 Å². The number of ether oxygens (including phenoxy) is 2. The first-order valence-electron chi connectivity index (χ1n) is 11.3. The monoisotopic (exact) mass is 485 g/mol. The summed E-state index contributed by atoms with van der Waals surface area (Å²) in [5, 5.41) is 24.6. The van der Waals surface area contributed by atoms with Crippen LogP contribution in [-0.2, 0) is 4.74 Å². The van der Waals surface area contributed by atoms with Gasteiger partial charge in [0.15, 0.2) is 0 Å². The van der Waals surface area contributed by atoms with Crippen LogP contribution in [0.15, 0.2) is 42.5 Å². The van der Waals surface area contributed by atoms with Gasteiger partial charge >= 0.3 is 0 Å². The Morgan fingerprint density at radius 3 is 2.38 bits per heavy atom. The number of halogens is 1. The minimum atomic E-state index is -0.324. The van der Waals surface area contributed by atoms with Crippen LogP contribution >= 0.6 is 11.6 Å². The van der Waals surface area contributed by atoms with E-state index in [9.17, 15) is 4.79 Å². The molecule has 7 nitrogen and oxygen atoms in total. The predicted molar refractivity (Wildman–Crippen MR) is 132 cm³/mol. The van der Waals surface area contributed by atoms with Crippen molar-refractivity contribution in [1.82, 2.24) is 5.32 Å². The number of nitrogens with zero attached hydrogens (tertiary/aromatic N) is 1.